The van der Waals surface area contributed by atoms with Crippen LogP contribution in [0.2, 0.25) is 0 Å². The van der Waals surface area contributed by atoms with Crippen molar-refractivity contribution in [2.75, 3.05) is 13.1 Å². The number of likely N-dealkylation sites (tertiary alicyclic amines) is 1. The van der Waals surface area contributed by atoms with E-state index in [1.165, 1.54) is 12.5 Å². The lowest BCUT2D eigenvalue weighted by Gasteiger charge is -2.39. The third-order valence-electron chi connectivity index (χ3n) is 4.62. The van der Waals surface area contributed by atoms with E-state index in [-0.39, 0.29) is 5.56 Å². The number of carboxylic acids is 1. The van der Waals surface area contributed by atoms with Crippen molar-refractivity contribution in [2.24, 2.45) is 5.41 Å². The fraction of sp³-hybridized carbons (Fsp3) is 0.562. The molecule has 1 aromatic carbocycles. The van der Waals surface area contributed by atoms with Crippen LogP contribution in [0.25, 0.3) is 0 Å². The van der Waals surface area contributed by atoms with E-state index in [2.05, 4.69) is 18.7 Å². The summed E-state index contributed by atoms with van der Waals surface area (Å²) >= 11 is 0. The second-order valence-corrected chi connectivity index (χ2v) is 6.02. The van der Waals surface area contributed by atoms with E-state index < -0.39 is 11.8 Å². The van der Waals surface area contributed by atoms with Crippen LogP contribution in [0.15, 0.2) is 18.2 Å². The third kappa shape index (κ3) is 3.18. The highest BCUT2D eigenvalue weighted by Gasteiger charge is 2.28. The van der Waals surface area contributed by atoms with Crippen LogP contribution in [0.4, 0.5) is 4.39 Å². The monoisotopic (exact) mass is 279 g/mol. The zero-order valence-electron chi connectivity index (χ0n) is 12.2. The Hall–Kier alpha value is -1.42. The molecule has 0 unspecified atom stereocenters. The number of carbonyl (C=O) groups is 1. The summed E-state index contributed by atoms with van der Waals surface area (Å²) in [5.74, 6) is -1.80. The summed E-state index contributed by atoms with van der Waals surface area (Å²) in [6, 6.07) is 4.60. The summed E-state index contributed by atoms with van der Waals surface area (Å²) in [7, 11) is 0. The molecule has 1 aliphatic rings. The number of rotatable bonds is 4. The Bertz CT molecular complexity index is 493. The van der Waals surface area contributed by atoms with Crippen LogP contribution in [-0.4, -0.2) is 29.1 Å². The minimum Gasteiger partial charge on any atom is -0.478 e. The molecule has 0 radical (unpaired) electrons. The Balaban J connectivity index is 2.05. The van der Waals surface area contributed by atoms with E-state index in [0.717, 1.165) is 25.9 Å². The molecule has 20 heavy (non-hydrogen) atoms. The van der Waals surface area contributed by atoms with Crippen molar-refractivity contribution >= 4 is 5.97 Å². The van der Waals surface area contributed by atoms with Crippen LogP contribution in [0, 0.1) is 11.2 Å². The number of piperidine rings is 1. The highest BCUT2D eigenvalue weighted by Crippen LogP contribution is 2.34. The highest BCUT2D eigenvalue weighted by atomic mass is 19.1. The van der Waals surface area contributed by atoms with Gasteiger partial charge in [-0.2, -0.15) is 0 Å². The predicted molar refractivity (Wildman–Crippen MR) is 76.3 cm³/mol. The maximum absolute atomic E-state index is 14.1. The van der Waals surface area contributed by atoms with E-state index >= 15 is 0 Å². The molecule has 0 saturated carbocycles. The molecule has 1 N–H and O–H groups in total. The topological polar surface area (TPSA) is 40.5 Å². The number of aromatic carboxylic acids is 1. The Morgan fingerprint density at radius 3 is 2.60 bits per heavy atom. The first-order valence-electron chi connectivity index (χ1n) is 7.18. The molecule has 1 saturated heterocycles. The maximum atomic E-state index is 14.1. The largest absolute Gasteiger partial charge is 0.478 e. The number of nitrogens with zero attached hydrogens (tertiary/aromatic N) is 1. The second-order valence-electron chi connectivity index (χ2n) is 6.02. The quantitative estimate of drug-likeness (QED) is 0.916. The van der Waals surface area contributed by atoms with Gasteiger partial charge in [0, 0.05) is 12.1 Å². The zero-order chi connectivity index (χ0) is 14.8. The van der Waals surface area contributed by atoms with Crippen LogP contribution >= 0.6 is 0 Å². The Labute approximate surface area is 119 Å². The van der Waals surface area contributed by atoms with E-state index in [9.17, 15) is 9.18 Å². The van der Waals surface area contributed by atoms with Gasteiger partial charge in [-0.3, -0.25) is 4.90 Å². The summed E-state index contributed by atoms with van der Waals surface area (Å²) < 4.78 is 14.1. The number of carboxylic acid groups (broad SMARTS) is 1. The minimum atomic E-state index is -1.21. The first-order valence-corrected chi connectivity index (χ1v) is 7.18. The van der Waals surface area contributed by atoms with Crippen molar-refractivity contribution in [2.45, 2.75) is 39.7 Å². The lowest BCUT2D eigenvalue weighted by atomic mass is 9.78. The predicted octanol–water partition coefficient (Wildman–Crippen LogP) is 3.54. The van der Waals surface area contributed by atoms with E-state index in [1.807, 2.05) is 0 Å². The first kappa shape index (κ1) is 15.0. The Kier molecular flexibility index (Phi) is 4.43. The number of benzene rings is 1. The lowest BCUT2D eigenvalue weighted by Crippen LogP contribution is -2.38. The average molecular weight is 279 g/mol. The van der Waals surface area contributed by atoms with Crippen molar-refractivity contribution in [3.63, 3.8) is 0 Å². The number of hydrogen-bond donors (Lipinski definition) is 1. The van der Waals surface area contributed by atoms with Crippen molar-refractivity contribution in [1.29, 1.82) is 0 Å². The van der Waals surface area contributed by atoms with Gasteiger partial charge in [-0.15, -0.1) is 0 Å². The van der Waals surface area contributed by atoms with Crippen LogP contribution in [-0.2, 0) is 6.54 Å². The lowest BCUT2D eigenvalue weighted by molar-refractivity contribution is 0.0691. The van der Waals surface area contributed by atoms with Gasteiger partial charge in [-0.25, -0.2) is 9.18 Å². The third-order valence-corrected chi connectivity index (χ3v) is 4.62. The summed E-state index contributed by atoms with van der Waals surface area (Å²) in [5, 5.41) is 8.94. The Morgan fingerprint density at radius 2 is 2.05 bits per heavy atom. The van der Waals surface area contributed by atoms with Crippen LogP contribution in [0.5, 0.6) is 0 Å². The molecule has 110 valence electrons. The number of hydrogen-bond acceptors (Lipinski definition) is 2. The molecule has 1 heterocycles. The van der Waals surface area contributed by atoms with E-state index in [0.29, 0.717) is 17.5 Å². The van der Waals surface area contributed by atoms with Crippen molar-refractivity contribution in [3.8, 4) is 0 Å². The van der Waals surface area contributed by atoms with Gasteiger partial charge in [-0.05, 0) is 37.4 Å². The summed E-state index contributed by atoms with van der Waals surface area (Å²) in [6.45, 7) is 6.90. The fourth-order valence-electron chi connectivity index (χ4n) is 2.71. The normalized spacial score (nSPS) is 18.9. The zero-order valence-corrected chi connectivity index (χ0v) is 12.2. The molecule has 0 aromatic heterocycles. The summed E-state index contributed by atoms with van der Waals surface area (Å²) in [6.07, 6.45) is 3.40. The first-order chi connectivity index (χ1) is 9.45. The molecule has 1 aromatic rings. The molecule has 0 amide bonds. The van der Waals surface area contributed by atoms with Crippen LogP contribution in [0.3, 0.4) is 0 Å². The van der Waals surface area contributed by atoms with Gasteiger partial charge in [-0.1, -0.05) is 32.4 Å². The van der Waals surface area contributed by atoms with Crippen LogP contribution < -0.4 is 0 Å². The van der Waals surface area contributed by atoms with Crippen LogP contribution in [0.1, 0.15) is 49.0 Å². The van der Waals surface area contributed by atoms with Crippen molar-refractivity contribution < 1.29 is 14.3 Å². The fourth-order valence-corrected chi connectivity index (χ4v) is 2.71. The molecule has 0 atom stereocenters. The van der Waals surface area contributed by atoms with E-state index in [1.54, 1.807) is 12.1 Å². The van der Waals surface area contributed by atoms with Gasteiger partial charge in [0.25, 0.3) is 0 Å². The Morgan fingerprint density at radius 1 is 1.40 bits per heavy atom. The molecule has 0 aliphatic carbocycles. The molecule has 1 aliphatic heterocycles. The van der Waals surface area contributed by atoms with E-state index in [4.69, 9.17) is 5.11 Å². The minimum absolute atomic E-state index is 0.238. The number of halogens is 1. The maximum Gasteiger partial charge on any atom is 0.338 e. The summed E-state index contributed by atoms with van der Waals surface area (Å²) in [5.41, 5.74) is 0.640. The molecular weight excluding hydrogens is 257 g/mol. The highest BCUT2D eigenvalue weighted by molar-refractivity contribution is 5.88. The molecule has 3 nitrogen and oxygen atoms in total. The van der Waals surface area contributed by atoms with Crippen molar-refractivity contribution in [1.82, 2.24) is 4.90 Å². The summed E-state index contributed by atoms with van der Waals surface area (Å²) in [4.78, 5) is 13.1. The molecule has 1 fully saturated rings. The van der Waals surface area contributed by atoms with Crippen molar-refractivity contribution in [3.05, 3.63) is 35.1 Å². The van der Waals surface area contributed by atoms with Gasteiger partial charge < -0.3 is 5.11 Å². The molecule has 0 bridgehead atoms. The molecule has 0 spiro atoms. The average Bonchev–Trinajstić information content (AvgIpc) is 2.43. The molecule has 4 heteroatoms. The smallest absolute Gasteiger partial charge is 0.338 e. The van der Waals surface area contributed by atoms with Gasteiger partial charge in [0.2, 0.25) is 0 Å². The van der Waals surface area contributed by atoms with Gasteiger partial charge in [0.15, 0.2) is 0 Å². The van der Waals surface area contributed by atoms with Gasteiger partial charge in [0.1, 0.15) is 5.82 Å². The standard InChI is InChI=1S/C16H22FNO2/c1-3-16(2)7-9-18(10-8-16)11-12-5-4-6-13(14(12)17)15(19)20/h4-6H,3,7-11H2,1-2H3,(H,19,20). The molecule has 2 rings (SSSR count). The molecular formula is C16H22FNO2. The van der Waals surface area contributed by atoms with Gasteiger partial charge in [0.05, 0.1) is 5.56 Å². The second kappa shape index (κ2) is 5.92. The SMILES string of the molecule is CCC1(C)CCN(Cc2cccc(C(=O)O)c2F)CC1. The van der Waals surface area contributed by atoms with Gasteiger partial charge >= 0.3 is 5.97 Å².